The molecule has 2 fully saturated rings. The van der Waals surface area contributed by atoms with Crippen molar-refractivity contribution >= 4 is 33.4 Å². The monoisotopic (exact) mass is 1080 g/mol. The normalized spacial score (nSPS) is 30.3. The Kier molecular flexibility index (Phi) is 31.6. The Hall–Kier alpha value is -2.62. The van der Waals surface area contributed by atoms with E-state index in [0.29, 0.717) is 44.9 Å². The second-order valence-electron chi connectivity index (χ2n) is 19.7. The molecule has 9 N–H and O–H groups in total. The van der Waals surface area contributed by atoms with Gasteiger partial charge in [0, 0.05) is 37.3 Å². The fraction of sp³-hybridized carbons (Fsp3) is 0.840. The van der Waals surface area contributed by atoms with Crippen LogP contribution in [0.25, 0.3) is 0 Å². The van der Waals surface area contributed by atoms with Crippen molar-refractivity contribution in [3.8, 4) is 0 Å². The summed E-state index contributed by atoms with van der Waals surface area (Å²) in [6, 6.07) is 1.26. The molecule has 0 radical (unpaired) electrons. The maximum atomic E-state index is 13.4. The van der Waals surface area contributed by atoms with Crippen LogP contribution >= 0.6 is 15.6 Å². The van der Waals surface area contributed by atoms with E-state index >= 15 is 0 Å². The third kappa shape index (κ3) is 26.3. The Morgan fingerprint density at radius 3 is 1.99 bits per heavy atom. The third-order valence-electron chi connectivity index (χ3n) is 13.4. The van der Waals surface area contributed by atoms with E-state index in [-0.39, 0.29) is 25.1 Å². The number of phosphoric acid groups is 2. The van der Waals surface area contributed by atoms with Crippen LogP contribution in [-0.4, -0.2) is 119 Å². The van der Waals surface area contributed by atoms with Gasteiger partial charge in [-0.05, 0) is 31.7 Å². The molecule has 2 aliphatic heterocycles. The highest BCUT2D eigenvalue weighted by Gasteiger charge is 2.45. The molecule has 12 atom stereocenters. The lowest BCUT2D eigenvalue weighted by Crippen LogP contribution is -2.52. The zero-order chi connectivity index (χ0) is 53.7. The number of esters is 2. The van der Waals surface area contributed by atoms with Crippen molar-refractivity contribution in [3.63, 3.8) is 0 Å². The van der Waals surface area contributed by atoms with Crippen LogP contribution in [0.5, 0.6) is 0 Å². The summed E-state index contributed by atoms with van der Waals surface area (Å²) in [4.78, 5) is 64.3. The van der Waals surface area contributed by atoms with Gasteiger partial charge in [0.2, 0.25) is 0 Å². The lowest BCUT2D eigenvalue weighted by molar-refractivity contribution is -0.195. The predicted molar refractivity (Wildman–Crippen MR) is 272 cm³/mol. The lowest BCUT2D eigenvalue weighted by Gasteiger charge is -2.41. The minimum absolute atomic E-state index is 0.0126. The standard InChI is InChI=1S/C50H89N3O18P2/c1-3-5-7-8-9-10-11-12-13-14-15-16-17-18-24-28-46(58)69-38-34-66-45(57)27-23-20-19-22-26-40-42(56)33-41(55)39(30-29-37(54)25-21-6-4-2)47(59)48(60)43(36-68-73(64,65)71-72(62,63)67-35-38)70-49(40)53-32-31-44(51)52-50(53)61/h29-32,37-43,47-49,54-56,59-60H,3-28,33-36H2,1-2H3,(H,62,63)(H,64,65)(H2,51,52,61)/b30-29+/t37-,38+,39-,40-,41+,42-,43+,47-,48+,49+/m0/s1. The van der Waals surface area contributed by atoms with Crippen LogP contribution in [0.3, 0.4) is 0 Å². The van der Waals surface area contributed by atoms with Gasteiger partial charge in [-0.3, -0.25) is 23.2 Å². The second-order valence-corrected chi connectivity index (χ2v) is 22.7. The summed E-state index contributed by atoms with van der Waals surface area (Å²) >= 11 is 0. The van der Waals surface area contributed by atoms with E-state index in [0.717, 1.165) is 43.1 Å². The number of fused-ring (bicyclic) bond motifs is 3. The average molecular weight is 1080 g/mol. The first kappa shape index (κ1) is 64.7. The molecule has 21 nitrogen and oxygen atoms in total. The second kappa shape index (κ2) is 35.7. The van der Waals surface area contributed by atoms with Crippen LogP contribution in [0.1, 0.15) is 193 Å². The number of nitrogens with zero attached hydrogens (tertiary/aromatic N) is 2. The van der Waals surface area contributed by atoms with E-state index in [4.69, 9.17) is 29.0 Å². The number of nitrogens with two attached hydrogens (primary N) is 1. The van der Waals surface area contributed by atoms with E-state index in [1.54, 1.807) is 0 Å². The summed E-state index contributed by atoms with van der Waals surface area (Å²) in [6.07, 6.45) is 12.0. The molecule has 1 aromatic heterocycles. The Balaban J connectivity index is 1.78. The van der Waals surface area contributed by atoms with Crippen molar-refractivity contribution in [2.24, 2.45) is 11.8 Å². The first-order valence-corrected chi connectivity index (χ1v) is 29.9. The topological polar surface area (TPSA) is 326 Å². The number of rotatable bonds is 24. The van der Waals surface area contributed by atoms with Gasteiger partial charge >= 0.3 is 33.3 Å². The van der Waals surface area contributed by atoms with Crippen molar-refractivity contribution in [2.75, 3.05) is 25.6 Å². The van der Waals surface area contributed by atoms with Crippen LogP contribution in [-0.2, 0) is 46.3 Å². The van der Waals surface area contributed by atoms with Gasteiger partial charge in [-0.1, -0.05) is 154 Å². The fourth-order valence-corrected chi connectivity index (χ4v) is 11.3. The molecular formula is C50H89N3O18P2. The number of anilines is 1. The molecule has 73 heavy (non-hydrogen) atoms. The molecular weight excluding hydrogens is 993 g/mol. The summed E-state index contributed by atoms with van der Waals surface area (Å²) in [6.45, 7) is 1.56. The van der Waals surface area contributed by atoms with E-state index in [9.17, 15) is 58.8 Å². The highest BCUT2D eigenvalue weighted by molar-refractivity contribution is 7.61. The molecule has 2 unspecified atom stereocenters. The molecule has 2 saturated heterocycles. The number of ether oxygens (including phenoxy) is 3. The number of hydrogen-bond donors (Lipinski definition) is 8. The molecule has 0 aromatic carbocycles. The van der Waals surface area contributed by atoms with Crippen LogP contribution in [0, 0.1) is 11.8 Å². The molecule has 0 spiro atoms. The van der Waals surface area contributed by atoms with Crippen molar-refractivity contribution in [3.05, 3.63) is 34.9 Å². The summed E-state index contributed by atoms with van der Waals surface area (Å²) in [7, 11) is -11.3. The molecule has 0 saturated carbocycles. The van der Waals surface area contributed by atoms with Gasteiger partial charge in [0.05, 0.1) is 37.6 Å². The number of nitrogen functional groups attached to an aromatic ring is 1. The molecule has 0 aliphatic carbocycles. The lowest BCUT2D eigenvalue weighted by atomic mass is 9.82. The van der Waals surface area contributed by atoms with Crippen molar-refractivity contribution in [1.29, 1.82) is 0 Å². The number of carbonyl (C=O) groups excluding carboxylic acids is 2. The third-order valence-corrected chi connectivity index (χ3v) is 16.0. The average Bonchev–Trinajstić information content (AvgIpc) is 3.33. The fourth-order valence-electron chi connectivity index (χ4n) is 9.15. The van der Waals surface area contributed by atoms with Gasteiger partial charge in [0.15, 0.2) is 6.10 Å². The molecule has 2 bridgehead atoms. The molecule has 422 valence electrons. The van der Waals surface area contributed by atoms with Crippen LogP contribution in [0.2, 0.25) is 0 Å². The molecule has 1 aromatic rings. The highest BCUT2D eigenvalue weighted by Crippen LogP contribution is 2.60. The van der Waals surface area contributed by atoms with Gasteiger partial charge in [0.1, 0.15) is 30.9 Å². The zero-order valence-electron chi connectivity index (χ0n) is 43.3. The smallest absolute Gasteiger partial charge is 0.462 e. The summed E-state index contributed by atoms with van der Waals surface area (Å²) < 4.78 is 59.3. The molecule has 2 aliphatic rings. The van der Waals surface area contributed by atoms with Crippen LogP contribution in [0.15, 0.2) is 29.2 Å². The predicted octanol–water partition coefficient (Wildman–Crippen LogP) is 7.61. The Bertz CT molecular complexity index is 1890. The van der Waals surface area contributed by atoms with Crippen molar-refractivity contribution < 1.29 is 81.6 Å². The van der Waals surface area contributed by atoms with Gasteiger partial charge in [-0.2, -0.15) is 9.29 Å². The maximum absolute atomic E-state index is 13.4. The number of cyclic esters (lactones) is 1. The Labute approximate surface area is 431 Å². The van der Waals surface area contributed by atoms with Crippen molar-refractivity contribution in [2.45, 2.75) is 236 Å². The quantitative estimate of drug-likeness (QED) is 0.0214. The SMILES string of the molecule is CCCCCCCCCCCCCCCCCC(=O)O[C@@H]1COC(=O)CCCCCC[C@@H]2[C@H](n3ccc(N)nc3=O)O[C@H](COP(=O)(O)OP(=O)(O)OC1)[C@@H](O)[C@@H](O)[C@@H](/C=C/[C@@H](O)CCCCC)[C@H](O)C[C@@H]2O. The summed E-state index contributed by atoms with van der Waals surface area (Å²) in [5, 5.41) is 57.6. The zero-order valence-corrected chi connectivity index (χ0v) is 45.1. The van der Waals surface area contributed by atoms with Gasteiger partial charge < -0.3 is 55.3 Å². The number of aliphatic hydroxyl groups excluding tert-OH is 5. The maximum Gasteiger partial charge on any atom is 0.481 e. The van der Waals surface area contributed by atoms with Gasteiger partial charge in [-0.15, -0.1) is 0 Å². The molecule has 3 rings (SSSR count). The minimum Gasteiger partial charge on any atom is -0.462 e. The van der Waals surface area contributed by atoms with E-state index in [1.807, 2.05) is 6.92 Å². The highest BCUT2D eigenvalue weighted by atomic mass is 31.3. The first-order valence-electron chi connectivity index (χ1n) is 27.0. The van der Waals surface area contributed by atoms with Crippen LogP contribution in [0.4, 0.5) is 5.82 Å². The number of aromatic nitrogens is 2. The first-order chi connectivity index (χ1) is 34.9. The van der Waals surface area contributed by atoms with E-state index in [1.165, 1.54) is 88.6 Å². The molecule has 3 heterocycles. The van der Waals surface area contributed by atoms with Gasteiger partial charge in [0.25, 0.3) is 0 Å². The van der Waals surface area contributed by atoms with Crippen LogP contribution < -0.4 is 11.4 Å². The van der Waals surface area contributed by atoms with E-state index in [2.05, 4.69) is 16.2 Å². The number of aliphatic hydroxyl groups is 5. The number of phosphoric ester groups is 2. The largest absolute Gasteiger partial charge is 0.481 e. The molecule has 23 heteroatoms. The molecule has 0 amide bonds. The summed E-state index contributed by atoms with van der Waals surface area (Å²) in [5.41, 5.74) is 4.82. The van der Waals surface area contributed by atoms with Gasteiger partial charge in [-0.25, -0.2) is 13.9 Å². The number of hydrogen-bond acceptors (Lipinski definition) is 18. The van der Waals surface area contributed by atoms with Crippen molar-refractivity contribution in [1.82, 2.24) is 9.55 Å². The Morgan fingerprint density at radius 1 is 0.795 bits per heavy atom. The summed E-state index contributed by atoms with van der Waals surface area (Å²) in [5.74, 6) is -3.98. The Morgan fingerprint density at radius 2 is 1.37 bits per heavy atom. The number of unbranched alkanes of at least 4 members (excludes halogenated alkanes) is 16. The number of carbonyl (C=O) groups is 2. The van der Waals surface area contributed by atoms with E-state index < -0.39 is 120 Å². The minimum atomic E-state index is -5.69.